The van der Waals surface area contributed by atoms with Gasteiger partial charge in [0.2, 0.25) is 5.91 Å². The summed E-state index contributed by atoms with van der Waals surface area (Å²) < 4.78 is 11.0. The number of hydrogen-bond donors (Lipinski definition) is 2. The first-order valence-corrected chi connectivity index (χ1v) is 10.0. The molecule has 3 heterocycles. The molecule has 1 fully saturated rings. The number of pyridine rings is 1. The number of ether oxygens (including phenoxy) is 1. The number of carbonyl (C=O) groups is 1. The van der Waals surface area contributed by atoms with E-state index in [2.05, 4.69) is 15.6 Å². The molecule has 7 nitrogen and oxygen atoms in total. The average molecular weight is 423 g/mol. The van der Waals surface area contributed by atoms with Gasteiger partial charge >= 0.3 is 0 Å². The molecule has 30 heavy (non-hydrogen) atoms. The van der Waals surface area contributed by atoms with E-state index in [4.69, 9.17) is 21.4 Å². The van der Waals surface area contributed by atoms with Crippen LogP contribution < -0.4 is 15.4 Å². The van der Waals surface area contributed by atoms with Crippen LogP contribution in [0.5, 0.6) is 5.75 Å². The number of para-hydroxylation sites is 2. The van der Waals surface area contributed by atoms with Gasteiger partial charge in [-0.25, -0.2) is 0 Å². The number of nitrogens with zero attached hydrogens (tertiary/aromatic N) is 2. The minimum Gasteiger partial charge on any atom is -0.495 e. The van der Waals surface area contributed by atoms with Gasteiger partial charge in [0, 0.05) is 19.2 Å². The summed E-state index contributed by atoms with van der Waals surface area (Å²) in [6, 6.07) is 16.5. The Morgan fingerprint density at radius 3 is 2.80 bits per heavy atom. The zero-order valence-electron chi connectivity index (χ0n) is 16.4. The summed E-state index contributed by atoms with van der Waals surface area (Å²) in [5, 5.41) is 6.80. The molecular weight excluding hydrogens is 400 g/mol. The molecule has 3 aromatic rings. The van der Waals surface area contributed by atoms with Crippen LogP contribution in [0.4, 0.5) is 5.69 Å². The highest BCUT2D eigenvalue weighted by Crippen LogP contribution is 2.38. The van der Waals surface area contributed by atoms with Gasteiger partial charge in [0.15, 0.2) is 5.11 Å². The third-order valence-electron chi connectivity index (χ3n) is 4.99. The molecule has 1 aromatic carbocycles. The van der Waals surface area contributed by atoms with Crippen LogP contribution in [0.25, 0.3) is 0 Å². The number of benzene rings is 1. The summed E-state index contributed by atoms with van der Waals surface area (Å²) in [6.45, 7) is 0.432. The first-order valence-electron chi connectivity index (χ1n) is 9.61. The average Bonchev–Trinajstić information content (AvgIpc) is 3.41. The Hall–Kier alpha value is -3.39. The van der Waals surface area contributed by atoms with Crippen LogP contribution in [0.1, 0.15) is 30.0 Å². The van der Waals surface area contributed by atoms with E-state index in [1.54, 1.807) is 25.6 Å². The molecule has 0 bridgehead atoms. The lowest BCUT2D eigenvalue weighted by atomic mass is 10.0. The van der Waals surface area contributed by atoms with Crippen LogP contribution in [0.3, 0.4) is 0 Å². The van der Waals surface area contributed by atoms with Crippen LogP contribution >= 0.6 is 12.2 Å². The van der Waals surface area contributed by atoms with Crippen molar-refractivity contribution in [3.05, 3.63) is 78.5 Å². The van der Waals surface area contributed by atoms with Gasteiger partial charge in [0.1, 0.15) is 17.6 Å². The number of carbonyl (C=O) groups excluding carboxylic acids is 1. The van der Waals surface area contributed by atoms with E-state index in [0.717, 1.165) is 11.5 Å². The summed E-state index contributed by atoms with van der Waals surface area (Å²) in [5.74, 6) is 1.26. The van der Waals surface area contributed by atoms with Crippen LogP contribution in [0.2, 0.25) is 0 Å². The number of thiocarbonyl (C=S) groups is 1. The molecule has 0 aliphatic carbocycles. The molecule has 2 N–H and O–H groups in total. The summed E-state index contributed by atoms with van der Waals surface area (Å²) >= 11 is 5.58. The fourth-order valence-corrected chi connectivity index (χ4v) is 3.93. The third-order valence-corrected chi connectivity index (χ3v) is 5.35. The molecule has 154 valence electrons. The number of rotatable bonds is 7. The second-order valence-corrected chi connectivity index (χ2v) is 7.22. The number of anilines is 1. The first kappa shape index (κ1) is 19.9. The van der Waals surface area contributed by atoms with E-state index in [1.165, 1.54) is 0 Å². The van der Waals surface area contributed by atoms with Crippen LogP contribution in [0.15, 0.2) is 71.5 Å². The Labute approximate surface area is 180 Å². The topological polar surface area (TPSA) is 79.6 Å². The van der Waals surface area contributed by atoms with E-state index >= 15 is 0 Å². The van der Waals surface area contributed by atoms with E-state index in [0.29, 0.717) is 23.1 Å². The maximum Gasteiger partial charge on any atom is 0.226 e. The largest absolute Gasteiger partial charge is 0.495 e. The number of amides is 1. The normalized spacial score (nSPS) is 18.2. The number of hydrogen-bond acceptors (Lipinski definition) is 5. The van der Waals surface area contributed by atoms with Crippen molar-refractivity contribution in [2.75, 3.05) is 19.0 Å². The van der Waals surface area contributed by atoms with E-state index in [1.807, 2.05) is 53.4 Å². The van der Waals surface area contributed by atoms with Crippen LogP contribution in [0, 0.1) is 0 Å². The van der Waals surface area contributed by atoms with Gasteiger partial charge in [0.05, 0.1) is 30.8 Å². The van der Waals surface area contributed by atoms with Gasteiger partial charge in [-0.05, 0) is 48.6 Å². The van der Waals surface area contributed by atoms with Crippen molar-refractivity contribution in [3.63, 3.8) is 0 Å². The van der Waals surface area contributed by atoms with Gasteiger partial charge in [-0.2, -0.15) is 0 Å². The van der Waals surface area contributed by atoms with Gasteiger partial charge in [-0.15, -0.1) is 0 Å². The Morgan fingerprint density at radius 2 is 2.07 bits per heavy atom. The van der Waals surface area contributed by atoms with Gasteiger partial charge in [-0.1, -0.05) is 18.2 Å². The Morgan fingerprint density at radius 1 is 1.23 bits per heavy atom. The summed E-state index contributed by atoms with van der Waals surface area (Å²) in [4.78, 5) is 19.1. The summed E-state index contributed by atoms with van der Waals surface area (Å²) in [6.07, 6.45) is 3.65. The van der Waals surface area contributed by atoms with Crippen LogP contribution in [-0.2, 0) is 4.79 Å². The molecule has 2 atom stereocenters. The van der Waals surface area contributed by atoms with Crippen molar-refractivity contribution in [3.8, 4) is 5.75 Å². The Balaban J connectivity index is 1.49. The molecule has 0 unspecified atom stereocenters. The van der Waals surface area contributed by atoms with Crippen molar-refractivity contribution >= 4 is 28.9 Å². The summed E-state index contributed by atoms with van der Waals surface area (Å²) in [5.41, 5.74) is 1.50. The monoisotopic (exact) mass is 422 g/mol. The third kappa shape index (κ3) is 4.13. The van der Waals surface area contributed by atoms with Gasteiger partial charge < -0.3 is 24.7 Å². The van der Waals surface area contributed by atoms with Crippen molar-refractivity contribution in [2.24, 2.45) is 0 Å². The van der Waals surface area contributed by atoms with Crippen molar-refractivity contribution in [1.29, 1.82) is 0 Å². The number of nitrogens with one attached hydrogen (secondary N) is 2. The molecule has 0 saturated carbocycles. The lowest BCUT2D eigenvalue weighted by molar-refractivity contribution is -0.116. The van der Waals surface area contributed by atoms with Crippen LogP contribution in [-0.4, -0.2) is 34.6 Å². The maximum absolute atomic E-state index is 12.6. The van der Waals surface area contributed by atoms with E-state index < -0.39 is 0 Å². The number of methoxy groups -OCH3 is 1. The molecule has 1 amide bonds. The molecule has 0 radical (unpaired) electrons. The highest BCUT2D eigenvalue weighted by atomic mass is 32.1. The molecule has 4 rings (SSSR count). The van der Waals surface area contributed by atoms with Gasteiger partial charge in [0.25, 0.3) is 0 Å². The van der Waals surface area contributed by atoms with Crippen molar-refractivity contribution < 1.29 is 13.9 Å². The maximum atomic E-state index is 12.6. The fraction of sp³-hybridized carbons (Fsp3) is 0.227. The lowest BCUT2D eigenvalue weighted by Crippen LogP contribution is -2.32. The standard InChI is InChI=1S/C22H22N4O3S/c1-28-17-9-3-2-7-15(17)24-19(27)11-13-26-21(18-10-6-14-29-18)20(25-22(26)30)16-8-4-5-12-23-16/h2-10,12,14,20-21H,11,13H2,1H3,(H,24,27)(H,25,30)/t20-,21-/m0/s1. The second-order valence-electron chi connectivity index (χ2n) is 6.83. The van der Waals surface area contributed by atoms with E-state index in [-0.39, 0.29) is 24.4 Å². The molecule has 1 saturated heterocycles. The van der Waals surface area contributed by atoms with E-state index in [9.17, 15) is 4.79 Å². The molecule has 8 heteroatoms. The fourth-order valence-electron chi connectivity index (χ4n) is 3.60. The van der Waals surface area contributed by atoms with Crippen molar-refractivity contribution in [1.82, 2.24) is 15.2 Å². The Bertz CT molecular complexity index is 1010. The summed E-state index contributed by atoms with van der Waals surface area (Å²) in [7, 11) is 1.57. The molecule has 1 aliphatic rings. The first-order chi connectivity index (χ1) is 14.7. The Kier molecular flexibility index (Phi) is 5.94. The molecule has 2 aromatic heterocycles. The van der Waals surface area contributed by atoms with Crippen molar-refractivity contribution in [2.45, 2.75) is 18.5 Å². The lowest BCUT2D eigenvalue weighted by Gasteiger charge is -2.25. The number of furan rings is 1. The van der Waals surface area contributed by atoms with Gasteiger partial charge in [-0.3, -0.25) is 9.78 Å². The zero-order chi connectivity index (χ0) is 20.9. The predicted octanol–water partition coefficient (Wildman–Crippen LogP) is 3.68. The highest BCUT2D eigenvalue weighted by molar-refractivity contribution is 7.80. The SMILES string of the molecule is COc1ccccc1NC(=O)CCN1C(=S)N[C@@H](c2ccccn2)[C@@H]1c1ccco1. The molecule has 1 aliphatic heterocycles. The second kappa shape index (κ2) is 8.96. The molecular formula is C22H22N4O3S. The number of aromatic nitrogens is 1. The predicted molar refractivity (Wildman–Crippen MR) is 117 cm³/mol. The smallest absolute Gasteiger partial charge is 0.226 e. The minimum absolute atomic E-state index is 0.123. The highest BCUT2D eigenvalue weighted by Gasteiger charge is 2.41. The quantitative estimate of drug-likeness (QED) is 0.562. The zero-order valence-corrected chi connectivity index (χ0v) is 17.3. The minimum atomic E-state index is -0.193. The molecule has 0 spiro atoms.